The predicted molar refractivity (Wildman–Crippen MR) is 615 cm³/mol. The Bertz CT molecular complexity index is 9060. The minimum Gasteiger partial charge on any atom is -0.207 e. The molecular formula is C148H102F2. The van der Waals surface area contributed by atoms with Crippen LogP contribution in [0.2, 0.25) is 0 Å². The van der Waals surface area contributed by atoms with Gasteiger partial charge in [0.1, 0.15) is 11.6 Å². The lowest BCUT2D eigenvalue weighted by atomic mass is 9.67. The molecule has 4 spiro atoms. The second kappa shape index (κ2) is 34.8. The van der Waals surface area contributed by atoms with Crippen LogP contribution in [-0.4, -0.2) is 0 Å². The van der Waals surface area contributed by atoms with Gasteiger partial charge in [0.05, 0.1) is 27.1 Å². The van der Waals surface area contributed by atoms with Crippen molar-refractivity contribution in [1.29, 1.82) is 0 Å². The van der Waals surface area contributed by atoms with Gasteiger partial charge >= 0.3 is 0 Å². The summed E-state index contributed by atoms with van der Waals surface area (Å²) in [5, 5.41) is 0. The molecule has 0 saturated carbocycles. The van der Waals surface area contributed by atoms with Crippen molar-refractivity contribution in [2.45, 2.75) is 61.7 Å². The van der Waals surface area contributed by atoms with E-state index in [0.717, 1.165) is 33.4 Å². The molecule has 0 nitrogen and oxygen atoms in total. The summed E-state index contributed by atoms with van der Waals surface area (Å²) in [7, 11) is 0. The van der Waals surface area contributed by atoms with Crippen molar-refractivity contribution in [3.05, 3.63) is 678 Å². The Morgan fingerprint density at radius 1 is 0.120 bits per heavy atom. The third kappa shape index (κ3) is 12.9. The summed E-state index contributed by atoms with van der Waals surface area (Å²) in [5.74, 6) is -0.381. The summed E-state index contributed by atoms with van der Waals surface area (Å²) in [6, 6.07) is 190. The molecule has 2 heteroatoms. The fourth-order valence-corrected chi connectivity index (χ4v) is 28.1. The molecule has 9 aliphatic rings. The highest BCUT2D eigenvalue weighted by molar-refractivity contribution is 6.02. The lowest BCUT2D eigenvalue weighted by Crippen LogP contribution is -2.28. The Kier molecular flexibility index (Phi) is 20.8. The average molecular weight is 1920 g/mol. The van der Waals surface area contributed by atoms with Crippen molar-refractivity contribution in [2.24, 2.45) is 0 Å². The van der Waals surface area contributed by atoms with Crippen LogP contribution < -0.4 is 0 Å². The monoisotopic (exact) mass is 1920 g/mol. The molecule has 0 atom stereocenters. The number of hydrogen-bond donors (Lipinski definition) is 0. The number of benzene rings is 23. The summed E-state index contributed by atoms with van der Waals surface area (Å²) in [5.41, 5.74) is 61.9. The van der Waals surface area contributed by atoms with Crippen LogP contribution in [0.1, 0.15) is 139 Å². The fourth-order valence-electron chi connectivity index (χ4n) is 28.1. The SMILES string of the molecule is Cc1ccc(-c2ccc3c(c2)-c2ccccc2C32c3ccccc3-c3ccccc32)cc1.Cc1ccc2c(c1)C(c1ccccc1)(c1ccccc1)c1cc(F)ccc1-2.Cc1ccc2c(c1)C1(c3ccccc3-c3ccccc31)c1cc(F)ccc1-2.Cc1cccc(-c2ccc3c(c2)-c2ccccc2C32c3ccccc3-c3ccccc32)c1.Cc1ccccc1-c1ccc2c(c1)-c1ccccc1C21c2ccccc2-c2ccccc21. The number of aryl methyl sites for hydroxylation is 5. The quantitative estimate of drug-likeness (QED) is 0.161. The van der Waals surface area contributed by atoms with Gasteiger partial charge in [-0.3, -0.25) is 0 Å². The topological polar surface area (TPSA) is 0 Å². The molecule has 23 aromatic carbocycles. The summed E-state index contributed by atoms with van der Waals surface area (Å²) in [6.07, 6.45) is 0. The first kappa shape index (κ1) is 89.5. The maximum absolute atomic E-state index is 14.5. The molecule has 0 radical (unpaired) electrons. The molecule has 0 bridgehead atoms. The predicted octanol–water partition coefficient (Wildman–Crippen LogP) is 37.0. The van der Waals surface area contributed by atoms with Gasteiger partial charge in [-0.1, -0.05) is 508 Å². The first-order chi connectivity index (χ1) is 73.8. The van der Waals surface area contributed by atoms with Gasteiger partial charge in [-0.15, -0.1) is 0 Å². The Hall–Kier alpha value is -18.1. The van der Waals surface area contributed by atoms with Gasteiger partial charge in [0.2, 0.25) is 0 Å². The van der Waals surface area contributed by atoms with E-state index in [4.69, 9.17) is 0 Å². The van der Waals surface area contributed by atoms with Crippen LogP contribution in [0, 0.1) is 46.3 Å². The first-order valence-corrected chi connectivity index (χ1v) is 52.4. The Morgan fingerprint density at radius 3 is 0.673 bits per heavy atom. The molecule has 32 rings (SSSR count). The molecular weight excluding hydrogens is 1820 g/mol. The fraction of sp³-hybridized carbons (Fsp3) is 0.0676. The van der Waals surface area contributed by atoms with Gasteiger partial charge in [0.15, 0.2) is 0 Å². The van der Waals surface area contributed by atoms with Crippen LogP contribution in [0.15, 0.2) is 528 Å². The largest absolute Gasteiger partial charge is 0.207 e. The molecule has 0 heterocycles. The Balaban J connectivity index is 0.0000000902. The smallest absolute Gasteiger partial charge is 0.123 e. The average Bonchev–Trinajstić information content (AvgIpc) is 1.53. The molecule has 0 aromatic heterocycles. The van der Waals surface area contributed by atoms with E-state index < -0.39 is 10.8 Å². The molecule has 0 N–H and O–H groups in total. The van der Waals surface area contributed by atoms with Crippen LogP contribution >= 0.6 is 0 Å². The number of fused-ring (bicyclic) bond motifs is 43. The minimum atomic E-state index is -0.513. The minimum absolute atomic E-state index is 0.181. The van der Waals surface area contributed by atoms with Crippen LogP contribution in [-0.2, 0) is 27.1 Å². The van der Waals surface area contributed by atoms with Crippen LogP contribution in [0.25, 0.3) is 134 Å². The first-order valence-electron chi connectivity index (χ1n) is 52.4. The normalized spacial score (nSPS) is 14.1. The van der Waals surface area contributed by atoms with Gasteiger partial charge in [-0.25, -0.2) is 8.78 Å². The Morgan fingerprint density at radius 2 is 0.340 bits per heavy atom. The van der Waals surface area contributed by atoms with E-state index in [2.05, 4.69) is 514 Å². The van der Waals surface area contributed by atoms with Crippen molar-refractivity contribution in [3.8, 4) is 134 Å². The van der Waals surface area contributed by atoms with Crippen molar-refractivity contribution < 1.29 is 8.78 Å². The zero-order valence-corrected chi connectivity index (χ0v) is 84.0. The van der Waals surface area contributed by atoms with Crippen LogP contribution in [0.4, 0.5) is 8.78 Å². The highest BCUT2D eigenvalue weighted by Gasteiger charge is 2.57. The van der Waals surface area contributed by atoms with Gasteiger partial charge in [-0.05, 0) is 327 Å². The van der Waals surface area contributed by atoms with Gasteiger partial charge in [0.25, 0.3) is 0 Å². The second-order valence-corrected chi connectivity index (χ2v) is 41.8. The lowest BCUT2D eigenvalue weighted by Gasteiger charge is -2.34. The molecule has 150 heavy (non-hydrogen) atoms. The van der Waals surface area contributed by atoms with E-state index in [9.17, 15) is 8.78 Å². The highest BCUT2D eigenvalue weighted by Crippen LogP contribution is 2.69. The number of rotatable bonds is 5. The van der Waals surface area contributed by atoms with Crippen LogP contribution in [0.5, 0.6) is 0 Å². The van der Waals surface area contributed by atoms with Gasteiger partial charge < -0.3 is 0 Å². The Labute approximate surface area is 876 Å². The maximum Gasteiger partial charge on any atom is 0.123 e. The van der Waals surface area contributed by atoms with E-state index in [0.29, 0.717) is 0 Å². The van der Waals surface area contributed by atoms with Crippen molar-refractivity contribution >= 4 is 0 Å². The molecule has 0 unspecified atom stereocenters. The standard InChI is InChI=1S/3C32H22.C26H17F.C26H19F/c1-21-9-8-10-22(19-21)23-17-18-31-27(20-23)26-13-4-7-16-30(26)32(31)28-14-5-2-11-24(28)25-12-3-6-15-29(25)32;1-21-14-16-22(17-15-21)23-18-19-31-27(20-23)26-10-4-7-13-30(26)32(31)28-11-5-2-8-24(28)25-9-3-6-12-29(25)32;1-21-10-2-3-11-23(21)22-18-19-31-27(20-22)26-14-6-9-17-30(26)32(31)28-15-7-4-12-24(28)25-13-5-8-16-29(25)32;1-16-10-12-20-21-13-11-17(27)15-25(21)26(24(20)14-16)22-8-4-2-6-18(22)19-7-3-5-9-23(19)26;1-18-12-14-22-23-15-13-21(27)17-25(23)26(24(22)16-18,19-8-4-2-5-9-19)20-10-6-3-7-11-20/h3*2-20H,1H3;2-15H,1H3;2-17H,1H3. The van der Waals surface area contributed by atoms with Crippen molar-refractivity contribution in [3.63, 3.8) is 0 Å². The molecule has 708 valence electrons. The molecule has 0 amide bonds. The lowest BCUT2D eigenvalue weighted by molar-refractivity contribution is 0.621. The van der Waals surface area contributed by atoms with E-state index >= 15 is 0 Å². The maximum atomic E-state index is 14.5. The number of halogens is 2. The molecule has 0 aliphatic heterocycles. The van der Waals surface area contributed by atoms with Crippen LogP contribution in [0.3, 0.4) is 0 Å². The van der Waals surface area contributed by atoms with E-state index in [-0.39, 0.29) is 27.9 Å². The van der Waals surface area contributed by atoms with E-state index in [1.807, 2.05) is 24.3 Å². The summed E-state index contributed by atoms with van der Waals surface area (Å²) in [4.78, 5) is 0. The molecule has 0 fully saturated rings. The van der Waals surface area contributed by atoms with Crippen molar-refractivity contribution in [1.82, 2.24) is 0 Å². The van der Waals surface area contributed by atoms with Gasteiger partial charge in [0, 0.05) is 0 Å². The third-order valence-electron chi connectivity index (χ3n) is 34.1. The zero-order chi connectivity index (χ0) is 100. The molecule has 23 aromatic rings. The zero-order valence-electron chi connectivity index (χ0n) is 84.0. The van der Waals surface area contributed by atoms with Gasteiger partial charge in [-0.2, -0.15) is 0 Å². The number of hydrogen-bond acceptors (Lipinski definition) is 0. The summed E-state index contributed by atoms with van der Waals surface area (Å²) in [6.45, 7) is 10.7. The summed E-state index contributed by atoms with van der Waals surface area (Å²) >= 11 is 0. The summed E-state index contributed by atoms with van der Waals surface area (Å²) < 4.78 is 28.9. The third-order valence-corrected chi connectivity index (χ3v) is 34.1. The second-order valence-electron chi connectivity index (χ2n) is 41.8. The van der Waals surface area contributed by atoms with Crippen molar-refractivity contribution in [2.75, 3.05) is 0 Å². The van der Waals surface area contributed by atoms with E-state index in [1.165, 1.54) is 239 Å². The highest BCUT2D eigenvalue weighted by atomic mass is 19.1. The van der Waals surface area contributed by atoms with E-state index in [1.54, 1.807) is 24.3 Å². The molecule has 9 aliphatic carbocycles. The molecule has 0 saturated heterocycles.